The fraction of sp³-hybridized carbons (Fsp3) is 0.333. The van der Waals surface area contributed by atoms with Gasteiger partial charge >= 0.3 is 12.4 Å². The summed E-state index contributed by atoms with van der Waals surface area (Å²) in [6, 6.07) is 6.52. The molecule has 152 valence electrons. The van der Waals surface area contributed by atoms with Crippen LogP contribution in [0.5, 0.6) is 0 Å². The minimum Gasteiger partial charge on any atom is -0.325 e. The molecule has 1 N–H and O–H groups in total. The van der Waals surface area contributed by atoms with Gasteiger partial charge in [-0.05, 0) is 30.2 Å². The normalized spacial score (nSPS) is 13.5. The lowest BCUT2D eigenvalue weighted by Crippen LogP contribution is -2.30. The molecule has 1 atom stereocenters. The highest BCUT2D eigenvalue weighted by molar-refractivity contribution is 8.00. The predicted octanol–water partition coefficient (Wildman–Crippen LogP) is 5.87. The lowest BCUT2D eigenvalue weighted by atomic mass is 10.1. The molecule has 0 spiro atoms. The number of anilines is 1. The van der Waals surface area contributed by atoms with Crippen LogP contribution in [0.2, 0.25) is 0 Å². The van der Waals surface area contributed by atoms with Crippen molar-refractivity contribution < 1.29 is 31.1 Å². The number of nitrogens with one attached hydrogen (secondary N) is 1. The first-order valence-corrected chi connectivity index (χ1v) is 8.94. The van der Waals surface area contributed by atoms with Crippen LogP contribution < -0.4 is 5.32 Å². The number of pyridine rings is 1. The van der Waals surface area contributed by atoms with Gasteiger partial charge in [-0.25, -0.2) is 4.98 Å². The molecule has 10 heteroatoms. The molecule has 1 heterocycles. The Balaban J connectivity index is 2.20. The average Bonchev–Trinajstić information content (AvgIpc) is 2.58. The van der Waals surface area contributed by atoms with E-state index < -0.39 is 34.6 Å². The maximum atomic E-state index is 13.1. The monoisotopic (exact) mass is 422 g/mol. The molecule has 1 aromatic heterocycles. The molecular weight excluding hydrogens is 406 g/mol. The number of hydrogen-bond donors (Lipinski definition) is 1. The quantitative estimate of drug-likeness (QED) is 0.484. The van der Waals surface area contributed by atoms with Crippen LogP contribution in [0.1, 0.15) is 25.0 Å². The summed E-state index contributed by atoms with van der Waals surface area (Å²) in [4.78, 5) is 16.3. The second-order valence-electron chi connectivity index (χ2n) is 6.20. The number of para-hydroxylation sites is 1. The van der Waals surface area contributed by atoms with E-state index in [2.05, 4.69) is 10.3 Å². The van der Waals surface area contributed by atoms with E-state index in [1.165, 1.54) is 12.1 Å². The molecule has 0 radical (unpaired) electrons. The minimum absolute atomic E-state index is 0.158. The third-order valence-electron chi connectivity index (χ3n) is 3.67. The van der Waals surface area contributed by atoms with Crippen molar-refractivity contribution >= 4 is 23.4 Å². The second kappa shape index (κ2) is 8.42. The van der Waals surface area contributed by atoms with Crippen LogP contribution in [0, 0.1) is 5.92 Å². The molecule has 0 aliphatic rings. The molecule has 28 heavy (non-hydrogen) atoms. The Morgan fingerprint density at radius 2 is 1.64 bits per heavy atom. The summed E-state index contributed by atoms with van der Waals surface area (Å²) >= 11 is 0.885. The van der Waals surface area contributed by atoms with Gasteiger partial charge < -0.3 is 5.32 Å². The predicted molar refractivity (Wildman–Crippen MR) is 93.8 cm³/mol. The molecule has 0 fully saturated rings. The van der Waals surface area contributed by atoms with Crippen molar-refractivity contribution in [2.75, 3.05) is 5.32 Å². The lowest BCUT2D eigenvalue weighted by Gasteiger charge is -2.21. The van der Waals surface area contributed by atoms with Crippen molar-refractivity contribution in [3.63, 3.8) is 0 Å². The number of aromatic nitrogens is 1. The van der Waals surface area contributed by atoms with Crippen LogP contribution in [-0.2, 0) is 17.1 Å². The van der Waals surface area contributed by atoms with Crippen LogP contribution in [0.15, 0.2) is 47.6 Å². The Labute approximate surface area is 161 Å². The molecule has 2 rings (SSSR count). The first-order valence-electron chi connectivity index (χ1n) is 8.06. The SMILES string of the molecule is CC(C)C(Sc1ccc(C(F)(F)F)cn1)C(=O)Nc1ccccc1C(F)(F)F. The Morgan fingerprint density at radius 1 is 1.00 bits per heavy atom. The van der Waals surface area contributed by atoms with E-state index in [1.54, 1.807) is 13.8 Å². The summed E-state index contributed by atoms with van der Waals surface area (Å²) in [5.41, 5.74) is -2.29. The van der Waals surface area contributed by atoms with E-state index in [4.69, 9.17) is 0 Å². The molecule has 1 unspecified atom stereocenters. The number of nitrogens with zero attached hydrogens (tertiary/aromatic N) is 1. The topological polar surface area (TPSA) is 42.0 Å². The van der Waals surface area contributed by atoms with Gasteiger partial charge in [-0.3, -0.25) is 4.79 Å². The van der Waals surface area contributed by atoms with Crippen molar-refractivity contribution in [2.24, 2.45) is 5.92 Å². The molecule has 0 saturated carbocycles. The fourth-order valence-electron chi connectivity index (χ4n) is 2.28. The Hall–Kier alpha value is -2.23. The third kappa shape index (κ3) is 5.63. The zero-order chi connectivity index (χ0) is 21.1. The van der Waals surface area contributed by atoms with Crippen molar-refractivity contribution in [1.82, 2.24) is 4.98 Å². The van der Waals surface area contributed by atoms with E-state index >= 15 is 0 Å². The van der Waals surface area contributed by atoms with E-state index in [1.807, 2.05) is 0 Å². The number of thioether (sulfide) groups is 1. The summed E-state index contributed by atoms with van der Waals surface area (Å²) < 4.78 is 77.1. The van der Waals surface area contributed by atoms with Crippen LogP contribution >= 0.6 is 11.8 Å². The molecule has 2 aromatic rings. The number of benzene rings is 1. The first-order chi connectivity index (χ1) is 12.9. The number of alkyl halides is 6. The van der Waals surface area contributed by atoms with Gasteiger partial charge in [0.2, 0.25) is 5.91 Å². The Kier molecular flexibility index (Phi) is 6.63. The maximum absolute atomic E-state index is 13.1. The number of rotatable bonds is 5. The van der Waals surface area contributed by atoms with Crippen LogP contribution in [0.25, 0.3) is 0 Å². The van der Waals surface area contributed by atoms with E-state index in [9.17, 15) is 31.1 Å². The molecule has 0 aliphatic heterocycles. The van der Waals surface area contributed by atoms with Crippen LogP contribution in [-0.4, -0.2) is 16.1 Å². The Morgan fingerprint density at radius 3 is 2.14 bits per heavy atom. The van der Waals surface area contributed by atoms with Crippen molar-refractivity contribution in [1.29, 1.82) is 0 Å². The van der Waals surface area contributed by atoms with E-state index in [0.717, 1.165) is 36.0 Å². The zero-order valence-electron chi connectivity index (χ0n) is 14.7. The number of carbonyl (C=O) groups excluding carboxylic acids is 1. The van der Waals surface area contributed by atoms with Crippen molar-refractivity contribution in [3.05, 3.63) is 53.7 Å². The van der Waals surface area contributed by atoms with Gasteiger partial charge in [0.25, 0.3) is 0 Å². The van der Waals surface area contributed by atoms with Crippen molar-refractivity contribution in [3.8, 4) is 0 Å². The summed E-state index contributed by atoms with van der Waals surface area (Å²) in [5, 5.41) is 1.57. The fourth-order valence-corrected chi connectivity index (χ4v) is 3.24. The van der Waals surface area contributed by atoms with Gasteiger partial charge in [-0.1, -0.05) is 37.7 Å². The maximum Gasteiger partial charge on any atom is 0.418 e. The van der Waals surface area contributed by atoms with Gasteiger partial charge in [0.1, 0.15) is 0 Å². The van der Waals surface area contributed by atoms with Crippen molar-refractivity contribution in [2.45, 2.75) is 36.5 Å². The molecular formula is C18H16F6N2OS. The summed E-state index contributed by atoms with van der Waals surface area (Å²) in [6.07, 6.45) is -8.53. The highest BCUT2D eigenvalue weighted by Gasteiger charge is 2.35. The van der Waals surface area contributed by atoms with Gasteiger partial charge in [0, 0.05) is 6.20 Å². The molecule has 1 amide bonds. The highest BCUT2D eigenvalue weighted by Crippen LogP contribution is 2.36. The lowest BCUT2D eigenvalue weighted by molar-refractivity contribution is -0.138. The van der Waals surface area contributed by atoms with Gasteiger partial charge in [-0.2, -0.15) is 26.3 Å². The summed E-state index contributed by atoms with van der Waals surface area (Å²) in [7, 11) is 0. The van der Waals surface area contributed by atoms with Gasteiger partial charge in [-0.15, -0.1) is 0 Å². The van der Waals surface area contributed by atoms with E-state index in [-0.39, 0.29) is 16.6 Å². The number of hydrogen-bond acceptors (Lipinski definition) is 3. The molecule has 0 saturated heterocycles. The third-order valence-corrected chi connectivity index (χ3v) is 5.16. The van der Waals surface area contributed by atoms with Crippen LogP contribution in [0.4, 0.5) is 32.0 Å². The number of halogens is 6. The molecule has 1 aromatic carbocycles. The molecule has 0 bridgehead atoms. The zero-order valence-corrected chi connectivity index (χ0v) is 15.5. The smallest absolute Gasteiger partial charge is 0.325 e. The summed E-state index contributed by atoms with van der Waals surface area (Å²) in [5.74, 6) is -1.01. The Bertz CT molecular complexity index is 818. The van der Waals surface area contributed by atoms with Crippen LogP contribution in [0.3, 0.4) is 0 Å². The average molecular weight is 422 g/mol. The second-order valence-corrected chi connectivity index (χ2v) is 7.36. The van der Waals surface area contributed by atoms with E-state index in [0.29, 0.717) is 6.20 Å². The first kappa shape index (κ1) is 22.1. The van der Waals surface area contributed by atoms with Gasteiger partial charge in [0.15, 0.2) is 0 Å². The summed E-state index contributed by atoms with van der Waals surface area (Å²) in [6.45, 7) is 3.36. The number of amides is 1. The highest BCUT2D eigenvalue weighted by atomic mass is 32.2. The van der Waals surface area contributed by atoms with Gasteiger partial charge in [0.05, 0.1) is 27.1 Å². The molecule has 3 nitrogen and oxygen atoms in total. The standard InChI is InChI=1S/C18H16F6N2OS/c1-10(2)15(28-14-8-7-11(9-25-14)17(19,20)21)16(27)26-13-6-4-3-5-12(13)18(22,23)24/h3-10,15H,1-2H3,(H,26,27). The molecule has 0 aliphatic carbocycles. The largest absolute Gasteiger partial charge is 0.418 e. The minimum atomic E-state index is -4.64. The number of carbonyl (C=O) groups is 1.